The highest BCUT2D eigenvalue weighted by Gasteiger charge is 2.00. The lowest BCUT2D eigenvalue weighted by Gasteiger charge is -2.11. The number of hydrogen-bond acceptors (Lipinski definition) is 2. The van der Waals surface area contributed by atoms with E-state index < -0.39 is 0 Å². The molecule has 0 aromatic heterocycles. The molecule has 0 aliphatic carbocycles. The third-order valence-corrected chi connectivity index (χ3v) is 2.71. The smallest absolute Gasteiger partial charge is 0.122 e. The molecule has 0 aliphatic heterocycles. The molecular weight excluding hydrogens is 224 g/mol. The number of para-hydroxylation sites is 2. The van der Waals surface area contributed by atoms with E-state index in [0.29, 0.717) is 13.2 Å². The predicted molar refractivity (Wildman–Crippen MR) is 73.3 cm³/mol. The highest BCUT2D eigenvalue weighted by molar-refractivity contribution is 5.33. The van der Waals surface area contributed by atoms with Crippen molar-refractivity contribution in [2.45, 2.75) is 13.3 Å². The molecule has 2 nitrogen and oxygen atoms in total. The van der Waals surface area contributed by atoms with Gasteiger partial charge in [-0.25, -0.2) is 0 Å². The van der Waals surface area contributed by atoms with Crippen molar-refractivity contribution in [1.29, 1.82) is 0 Å². The van der Waals surface area contributed by atoms with Crippen LogP contribution < -0.4 is 9.47 Å². The van der Waals surface area contributed by atoms with Crippen LogP contribution in [0.4, 0.5) is 0 Å². The lowest BCUT2D eigenvalue weighted by atomic mass is 10.1. The Morgan fingerprint density at radius 2 is 1.44 bits per heavy atom. The molecule has 0 saturated heterocycles. The first-order valence-corrected chi connectivity index (χ1v) is 6.28. The Labute approximate surface area is 108 Å². The second-order valence-corrected chi connectivity index (χ2v) is 3.97. The van der Waals surface area contributed by atoms with Crippen LogP contribution in [-0.4, -0.2) is 13.2 Å². The summed E-state index contributed by atoms with van der Waals surface area (Å²) >= 11 is 0. The second kappa shape index (κ2) is 6.70. The lowest BCUT2D eigenvalue weighted by Crippen LogP contribution is -2.09. The summed E-state index contributed by atoms with van der Waals surface area (Å²) in [7, 11) is 0. The first-order valence-electron chi connectivity index (χ1n) is 6.28. The SMILES string of the molecule is CCc1ccccc1OCCOc1ccccc1. The standard InChI is InChI=1S/C16H18O2/c1-2-14-8-6-7-11-16(14)18-13-12-17-15-9-4-3-5-10-15/h3-11H,2,12-13H2,1H3. The van der Waals surface area contributed by atoms with Crippen LogP contribution in [0.15, 0.2) is 54.6 Å². The molecule has 2 heteroatoms. The maximum Gasteiger partial charge on any atom is 0.122 e. The fourth-order valence-corrected chi connectivity index (χ4v) is 1.76. The fraction of sp³-hybridized carbons (Fsp3) is 0.250. The van der Waals surface area contributed by atoms with E-state index in [1.807, 2.05) is 48.5 Å². The van der Waals surface area contributed by atoms with Crippen LogP contribution in [0, 0.1) is 0 Å². The van der Waals surface area contributed by atoms with Gasteiger partial charge in [-0.05, 0) is 30.2 Å². The molecule has 0 amide bonds. The number of aryl methyl sites for hydroxylation is 1. The monoisotopic (exact) mass is 242 g/mol. The molecule has 0 atom stereocenters. The van der Waals surface area contributed by atoms with Gasteiger partial charge in [0.2, 0.25) is 0 Å². The summed E-state index contributed by atoms with van der Waals surface area (Å²) in [6.07, 6.45) is 0.982. The molecule has 0 radical (unpaired) electrons. The zero-order chi connectivity index (χ0) is 12.6. The summed E-state index contributed by atoms with van der Waals surface area (Å²) in [6, 6.07) is 17.9. The van der Waals surface area contributed by atoms with Crippen LogP contribution in [0.5, 0.6) is 11.5 Å². The molecule has 2 aromatic rings. The van der Waals surface area contributed by atoms with Crippen molar-refractivity contribution in [3.8, 4) is 11.5 Å². The minimum atomic E-state index is 0.558. The van der Waals surface area contributed by atoms with Crippen LogP contribution in [0.3, 0.4) is 0 Å². The zero-order valence-corrected chi connectivity index (χ0v) is 10.6. The number of hydrogen-bond donors (Lipinski definition) is 0. The highest BCUT2D eigenvalue weighted by atomic mass is 16.5. The second-order valence-electron chi connectivity index (χ2n) is 3.97. The van der Waals surface area contributed by atoms with E-state index in [9.17, 15) is 0 Å². The van der Waals surface area contributed by atoms with E-state index in [4.69, 9.17) is 9.47 Å². The van der Waals surface area contributed by atoms with Crippen LogP contribution >= 0.6 is 0 Å². The minimum absolute atomic E-state index is 0.558. The van der Waals surface area contributed by atoms with Crippen molar-refractivity contribution in [3.05, 3.63) is 60.2 Å². The van der Waals surface area contributed by atoms with Gasteiger partial charge in [-0.2, -0.15) is 0 Å². The predicted octanol–water partition coefficient (Wildman–Crippen LogP) is 3.71. The van der Waals surface area contributed by atoms with Gasteiger partial charge in [-0.15, -0.1) is 0 Å². The molecule has 0 aliphatic rings. The third-order valence-electron chi connectivity index (χ3n) is 2.71. The first-order chi connectivity index (χ1) is 8.90. The van der Waals surface area contributed by atoms with Crippen molar-refractivity contribution in [2.24, 2.45) is 0 Å². The Bertz CT molecular complexity index is 466. The molecular formula is C16H18O2. The van der Waals surface area contributed by atoms with Gasteiger partial charge in [0.15, 0.2) is 0 Å². The molecule has 18 heavy (non-hydrogen) atoms. The maximum atomic E-state index is 5.72. The molecule has 0 bridgehead atoms. The largest absolute Gasteiger partial charge is 0.490 e. The summed E-state index contributed by atoms with van der Waals surface area (Å²) in [4.78, 5) is 0. The molecule has 94 valence electrons. The van der Waals surface area contributed by atoms with Crippen LogP contribution in [0.1, 0.15) is 12.5 Å². The average molecular weight is 242 g/mol. The van der Waals surface area contributed by atoms with Crippen LogP contribution in [-0.2, 0) is 6.42 Å². The van der Waals surface area contributed by atoms with Gasteiger partial charge >= 0.3 is 0 Å². The molecule has 0 fully saturated rings. The average Bonchev–Trinajstić information content (AvgIpc) is 2.45. The van der Waals surface area contributed by atoms with E-state index in [0.717, 1.165) is 17.9 Å². The van der Waals surface area contributed by atoms with Gasteiger partial charge < -0.3 is 9.47 Å². The van der Waals surface area contributed by atoms with Crippen LogP contribution in [0.25, 0.3) is 0 Å². The lowest BCUT2D eigenvalue weighted by molar-refractivity contribution is 0.216. The molecule has 0 spiro atoms. The zero-order valence-electron chi connectivity index (χ0n) is 10.6. The van der Waals surface area contributed by atoms with Gasteiger partial charge in [0.25, 0.3) is 0 Å². The summed E-state index contributed by atoms with van der Waals surface area (Å²) in [5.41, 5.74) is 1.23. The summed E-state index contributed by atoms with van der Waals surface area (Å²) in [6.45, 7) is 3.25. The fourth-order valence-electron chi connectivity index (χ4n) is 1.76. The number of benzene rings is 2. The quantitative estimate of drug-likeness (QED) is 0.719. The topological polar surface area (TPSA) is 18.5 Å². The Morgan fingerprint density at radius 3 is 2.22 bits per heavy atom. The Kier molecular flexibility index (Phi) is 4.65. The molecule has 0 heterocycles. The Morgan fingerprint density at radius 1 is 0.778 bits per heavy atom. The van der Waals surface area contributed by atoms with Crippen molar-refractivity contribution in [2.75, 3.05) is 13.2 Å². The van der Waals surface area contributed by atoms with Crippen molar-refractivity contribution in [1.82, 2.24) is 0 Å². The van der Waals surface area contributed by atoms with Gasteiger partial charge in [-0.1, -0.05) is 43.3 Å². The summed E-state index contributed by atoms with van der Waals surface area (Å²) in [5, 5.41) is 0. The highest BCUT2D eigenvalue weighted by Crippen LogP contribution is 2.18. The molecule has 2 rings (SSSR count). The normalized spacial score (nSPS) is 10.1. The molecule has 2 aromatic carbocycles. The van der Waals surface area contributed by atoms with E-state index >= 15 is 0 Å². The van der Waals surface area contributed by atoms with Gasteiger partial charge in [0.1, 0.15) is 24.7 Å². The molecule has 0 N–H and O–H groups in total. The van der Waals surface area contributed by atoms with Crippen molar-refractivity contribution in [3.63, 3.8) is 0 Å². The van der Waals surface area contributed by atoms with Gasteiger partial charge in [-0.3, -0.25) is 0 Å². The minimum Gasteiger partial charge on any atom is -0.490 e. The van der Waals surface area contributed by atoms with Gasteiger partial charge in [0.05, 0.1) is 0 Å². The van der Waals surface area contributed by atoms with Crippen molar-refractivity contribution < 1.29 is 9.47 Å². The molecule has 0 saturated carbocycles. The van der Waals surface area contributed by atoms with E-state index in [1.165, 1.54) is 5.56 Å². The van der Waals surface area contributed by atoms with E-state index in [1.54, 1.807) is 0 Å². The third kappa shape index (κ3) is 3.52. The molecule has 0 unspecified atom stereocenters. The van der Waals surface area contributed by atoms with Crippen molar-refractivity contribution >= 4 is 0 Å². The number of rotatable bonds is 6. The summed E-state index contributed by atoms with van der Waals surface area (Å²) in [5.74, 6) is 1.83. The van der Waals surface area contributed by atoms with E-state index in [-0.39, 0.29) is 0 Å². The van der Waals surface area contributed by atoms with Gasteiger partial charge in [0, 0.05) is 0 Å². The first kappa shape index (κ1) is 12.5. The Balaban J connectivity index is 1.78. The summed E-state index contributed by atoms with van der Waals surface area (Å²) < 4.78 is 11.3. The van der Waals surface area contributed by atoms with Crippen LogP contribution in [0.2, 0.25) is 0 Å². The van der Waals surface area contributed by atoms with E-state index in [2.05, 4.69) is 13.0 Å². The Hall–Kier alpha value is -1.96. The maximum absolute atomic E-state index is 5.72. The number of ether oxygens (including phenoxy) is 2.